The van der Waals surface area contributed by atoms with Crippen LogP contribution in [0.5, 0.6) is 0 Å². The Hall–Kier alpha value is -5.28. The van der Waals surface area contributed by atoms with Gasteiger partial charge in [-0.05, 0) is 64.0 Å². The van der Waals surface area contributed by atoms with Gasteiger partial charge in [0.2, 0.25) is 0 Å². The highest BCUT2D eigenvalue weighted by Crippen LogP contribution is 2.52. The molecule has 0 aliphatic heterocycles. The number of rotatable bonds is 1. The monoisotopic (exact) mass is 535 g/mol. The van der Waals surface area contributed by atoms with Crippen LogP contribution in [0, 0.1) is 0 Å². The van der Waals surface area contributed by atoms with Crippen molar-refractivity contribution in [1.29, 1.82) is 0 Å². The fourth-order valence-corrected chi connectivity index (χ4v) is 7.81. The molecule has 0 fully saturated rings. The fourth-order valence-electron chi connectivity index (χ4n) is 7.81. The van der Waals surface area contributed by atoms with Gasteiger partial charge in [0.1, 0.15) is 0 Å². The first kappa shape index (κ1) is 22.4. The van der Waals surface area contributed by atoms with Gasteiger partial charge in [0, 0.05) is 38.4 Å². The molecule has 0 bridgehead atoms. The zero-order chi connectivity index (χ0) is 27.7. The SMILES string of the molecule is CC1(C)c2ccccc2-c2ccc(-n3c4ccccc4c4c5cccc6c5c(cc43)-c3nc4ccccc4nc3-6)cc21. The minimum absolute atomic E-state index is 0.0635. The summed E-state index contributed by atoms with van der Waals surface area (Å²) in [6.07, 6.45) is 0. The summed E-state index contributed by atoms with van der Waals surface area (Å²) >= 11 is 0. The maximum atomic E-state index is 5.18. The van der Waals surface area contributed by atoms with Crippen molar-refractivity contribution in [2.45, 2.75) is 19.3 Å². The van der Waals surface area contributed by atoms with Gasteiger partial charge in [-0.1, -0.05) is 92.7 Å². The van der Waals surface area contributed by atoms with Gasteiger partial charge in [-0.15, -0.1) is 0 Å². The molecule has 3 heteroatoms. The highest BCUT2D eigenvalue weighted by Gasteiger charge is 2.35. The molecule has 0 amide bonds. The third kappa shape index (κ3) is 2.62. The van der Waals surface area contributed by atoms with Crippen LogP contribution in [0.1, 0.15) is 25.0 Å². The molecule has 0 radical (unpaired) electrons. The summed E-state index contributed by atoms with van der Waals surface area (Å²) in [7, 11) is 0. The van der Waals surface area contributed by atoms with Gasteiger partial charge in [-0.3, -0.25) is 0 Å². The first-order valence-electron chi connectivity index (χ1n) is 14.6. The van der Waals surface area contributed by atoms with Crippen molar-refractivity contribution in [3.8, 4) is 39.3 Å². The molecule has 2 aliphatic rings. The predicted octanol–water partition coefficient (Wildman–Crippen LogP) is 9.83. The summed E-state index contributed by atoms with van der Waals surface area (Å²) in [5.41, 5.74) is 15.2. The Bertz CT molecular complexity index is 2500. The van der Waals surface area contributed by atoms with Crippen LogP contribution in [0.2, 0.25) is 0 Å². The quantitative estimate of drug-likeness (QED) is 0.209. The normalized spacial score (nSPS) is 14.1. The number of benzene rings is 6. The van der Waals surface area contributed by atoms with E-state index in [0.29, 0.717) is 0 Å². The second-order valence-electron chi connectivity index (χ2n) is 12.2. The van der Waals surface area contributed by atoms with E-state index in [4.69, 9.17) is 9.97 Å². The van der Waals surface area contributed by atoms with Crippen LogP contribution in [-0.4, -0.2) is 14.5 Å². The number of para-hydroxylation sites is 3. The van der Waals surface area contributed by atoms with Crippen LogP contribution >= 0.6 is 0 Å². The molecule has 8 aromatic rings. The van der Waals surface area contributed by atoms with E-state index in [1.807, 2.05) is 12.1 Å². The van der Waals surface area contributed by atoms with Crippen LogP contribution in [0.3, 0.4) is 0 Å². The lowest BCUT2D eigenvalue weighted by Gasteiger charge is -2.22. The van der Waals surface area contributed by atoms with Gasteiger partial charge >= 0.3 is 0 Å². The summed E-state index contributed by atoms with van der Waals surface area (Å²) in [5.74, 6) is 0. The van der Waals surface area contributed by atoms with E-state index in [1.54, 1.807) is 0 Å². The molecule has 6 aromatic carbocycles. The summed E-state index contributed by atoms with van der Waals surface area (Å²) in [6, 6.07) is 41.9. The maximum Gasteiger partial charge on any atom is 0.0980 e. The molecule has 0 spiro atoms. The Morgan fingerprint density at radius 2 is 1.17 bits per heavy atom. The largest absolute Gasteiger partial charge is 0.309 e. The number of nitrogens with zero attached hydrogens (tertiary/aromatic N) is 3. The molecular formula is C39H25N3. The van der Waals surface area contributed by atoms with Crippen molar-refractivity contribution in [2.75, 3.05) is 0 Å². The average molecular weight is 536 g/mol. The number of hydrogen-bond donors (Lipinski definition) is 0. The van der Waals surface area contributed by atoms with Crippen LogP contribution in [0.15, 0.2) is 115 Å². The number of hydrogen-bond acceptors (Lipinski definition) is 2. The molecule has 0 unspecified atom stereocenters. The molecular weight excluding hydrogens is 510 g/mol. The molecule has 0 saturated heterocycles. The van der Waals surface area contributed by atoms with Crippen molar-refractivity contribution >= 4 is 43.6 Å². The van der Waals surface area contributed by atoms with Crippen molar-refractivity contribution in [3.63, 3.8) is 0 Å². The van der Waals surface area contributed by atoms with Crippen LogP contribution < -0.4 is 0 Å². The molecule has 42 heavy (non-hydrogen) atoms. The van der Waals surface area contributed by atoms with Crippen molar-refractivity contribution < 1.29 is 0 Å². The van der Waals surface area contributed by atoms with Gasteiger partial charge in [0.25, 0.3) is 0 Å². The van der Waals surface area contributed by atoms with Crippen molar-refractivity contribution in [1.82, 2.24) is 14.5 Å². The standard InChI is InChI=1S/C39H25N3/c1-39(2)29-14-5-3-10-23(29)24-19-18-22(20-30(24)39)42-33-17-8-4-11-25(33)36-26-12-9-13-27-35(26)28(21-34(36)42)38-37(27)40-31-15-6-7-16-32(31)41-38/h3-21H,1-2H3. The average Bonchev–Trinajstić information content (AvgIpc) is 3.61. The topological polar surface area (TPSA) is 30.7 Å². The summed E-state index contributed by atoms with van der Waals surface area (Å²) in [6.45, 7) is 4.70. The van der Waals surface area contributed by atoms with Crippen LogP contribution in [0.4, 0.5) is 0 Å². The molecule has 3 nitrogen and oxygen atoms in total. The van der Waals surface area contributed by atoms with Crippen molar-refractivity contribution in [2.24, 2.45) is 0 Å². The Morgan fingerprint density at radius 3 is 2.02 bits per heavy atom. The second kappa shape index (κ2) is 7.51. The van der Waals surface area contributed by atoms with E-state index < -0.39 is 0 Å². The van der Waals surface area contributed by atoms with E-state index in [2.05, 4.69) is 122 Å². The van der Waals surface area contributed by atoms with Gasteiger partial charge in [-0.25, -0.2) is 9.97 Å². The Balaban J connectivity index is 1.32. The zero-order valence-electron chi connectivity index (χ0n) is 23.3. The highest BCUT2D eigenvalue weighted by molar-refractivity contribution is 6.28. The summed E-state index contributed by atoms with van der Waals surface area (Å²) in [5, 5.41) is 5.06. The van der Waals surface area contributed by atoms with Crippen molar-refractivity contribution in [3.05, 3.63) is 126 Å². The Labute approximate surface area is 242 Å². The minimum Gasteiger partial charge on any atom is -0.309 e. The lowest BCUT2D eigenvalue weighted by Crippen LogP contribution is -2.15. The van der Waals surface area contributed by atoms with E-state index in [0.717, 1.165) is 22.4 Å². The van der Waals surface area contributed by atoms with Gasteiger partial charge in [-0.2, -0.15) is 0 Å². The Morgan fingerprint density at radius 1 is 0.500 bits per heavy atom. The molecule has 0 atom stereocenters. The first-order valence-corrected chi connectivity index (χ1v) is 14.6. The predicted molar refractivity (Wildman–Crippen MR) is 173 cm³/mol. The van der Waals surface area contributed by atoms with E-state index in [9.17, 15) is 0 Å². The third-order valence-corrected chi connectivity index (χ3v) is 9.70. The molecule has 0 N–H and O–H groups in total. The third-order valence-electron chi connectivity index (χ3n) is 9.70. The lowest BCUT2D eigenvalue weighted by molar-refractivity contribution is 0.660. The number of aromatic nitrogens is 3. The Kier molecular flexibility index (Phi) is 4.01. The molecule has 0 saturated carbocycles. The second-order valence-corrected chi connectivity index (χ2v) is 12.2. The molecule has 10 rings (SSSR count). The fraction of sp³-hybridized carbons (Fsp3) is 0.0769. The summed E-state index contributed by atoms with van der Waals surface area (Å²) in [4.78, 5) is 10.3. The first-order chi connectivity index (χ1) is 20.6. The highest BCUT2D eigenvalue weighted by atomic mass is 15.0. The van der Waals surface area contributed by atoms with Gasteiger partial charge < -0.3 is 4.57 Å². The van der Waals surface area contributed by atoms with Crippen LogP contribution in [-0.2, 0) is 5.41 Å². The van der Waals surface area contributed by atoms with E-state index in [-0.39, 0.29) is 5.41 Å². The minimum atomic E-state index is -0.0635. The van der Waals surface area contributed by atoms with Crippen LogP contribution in [0.25, 0.3) is 82.9 Å². The smallest absolute Gasteiger partial charge is 0.0980 e. The van der Waals surface area contributed by atoms with Gasteiger partial charge in [0.15, 0.2) is 0 Å². The summed E-state index contributed by atoms with van der Waals surface area (Å²) < 4.78 is 2.46. The molecule has 196 valence electrons. The maximum absolute atomic E-state index is 5.18. The molecule has 2 aromatic heterocycles. The lowest BCUT2D eigenvalue weighted by atomic mass is 9.82. The van der Waals surface area contributed by atoms with E-state index in [1.165, 1.54) is 71.6 Å². The zero-order valence-corrected chi connectivity index (χ0v) is 23.3. The molecule has 2 heterocycles. The molecule has 2 aliphatic carbocycles. The van der Waals surface area contributed by atoms with E-state index >= 15 is 0 Å². The van der Waals surface area contributed by atoms with Gasteiger partial charge in [0.05, 0.1) is 33.5 Å². The number of fused-ring (bicyclic) bond motifs is 11.